The summed E-state index contributed by atoms with van der Waals surface area (Å²) in [5, 5.41) is 5.71. The molecule has 7 nitrogen and oxygen atoms in total. The molecule has 0 aliphatic heterocycles. The topological polar surface area (TPSA) is 102 Å². The number of carbonyl (C=O) groups excluding carboxylic acids is 1. The average Bonchev–Trinajstić information content (AvgIpc) is 2.83. The van der Waals surface area contributed by atoms with Crippen LogP contribution in [0.15, 0.2) is 53.3 Å². The number of hydrogen-bond donors (Lipinski definition) is 3. The molecule has 1 heterocycles. The van der Waals surface area contributed by atoms with Gasteiger partial charge in [0.25, 0.3) is 0 Å². The monoisotopic (exact) mass is 298 g/mol. The Morgan fingerprint density at radius 3 is 2.64 bits per heavy atom. The van der Waals surface area contributed by atoms with Crippen LogP contribution in [0.1, 0.15) is 5.56 Å². The third-order valence-electron chi connectivity index (χ3n) is 3.15. The van der Waals surface area contributed by atoms with Crippen molar-refractivity contribution in [3.8, 4) is 0 Å². The van der Waals surface area contributed by atoms with E-state index in [1.54, 1.807) is 48.5 Å². The molecule has 0 saturated heterocycles. The van der Waals surface area contributed by atoms with Crippen LogP contribution in [0.25, 0.3) is 10.9 Å². The average molecular weight is 298 g/mol. The molecule has 0 aliphatic rings. The van der Waals surface area contributed by atoms with E-state index in [2.05, 4.69) is 10.4 Å². The van der Waals surface area contributed by atoms with Gasteiger partial charge in [-0.15, -0.1) is 0 Å². The van der Waals surface area contributed by atoms with Crippen LogP contribution in [0.4, 0.5) is 10.5 Å². The summed E-state index contributed by atoms with van der Waals surface area (Å²) in [6.45, 7) is 0.272. The number of benzene rings is 2. The number of para-hydroxylation sites is 1. The van der Waals surface area contributed by atoms with Gasteiger partial charge in [0.05, 0.1) is 10.9 Å². The van der Waals surface area contributed by atoms with Crippen molar-refractivity contribution in [2.45, 2.75) is 6.54 Å². The highest BCUT2D eigenvalue weighted by atomic mass is 16.7. The standard InChI is InChI=1S/C15H14N4O3/c16-11-7-5-10(6-8-11)9-17-15(21)22-19-14(20)12-3-1-2-4-13(12)18-19/h1-8,18H,9,16H2,(H,17,21). The predicted molar refractivity (Wildman–Crippen MR) is 82.2 cm³/mol. The van der Waals surface area contributed by atoms with Crippen LogP contribution in [0.3, 0.4) is 0 Å². The summed E-state index contributed by atoms with van der Waals surface area (Å²) in [4.78, 5) is 29.5. The molecular formula is C15H14N4O3. The highest BCUT2D eigenvalue weighted by molar-refractivity contribution is 5.77. The Morgan fingerprint density at radius 2 is 1.91 bits per heavy atom. The van der Waals surface area contributed by atoms with Gasteiger partial charge in [0.2, 0.25) is 0 Å². The van der Waals surface area contributed by atoms with Gasteiger partial charge < -0.3 is 11.1 Å². The third-order valence-corrected chi connectivity index (χ3v) is 3.15. The molecule has 0 unspecified atom stereocenters. The molecule has 0 fully saturated rings. The highest BCUT2D eigenvalue weighted by Gasteiger charge is 2.10. The lowest BCUT2D eigenvalue weighted by Crippen LogP contribution is -2.36. The zero-order chi connectivity index (χ0) is 15.5. The molecule has 0 radical (unpaired) electrons. The zero-order valence-electron chi connectivity index (χ0n) is 11.6. The fraction of sp³-hybridized carbons (Fsp3) is 0.0667. The Morgan fingerprint density at radius 1 is 1.18 bits per heavy atom. The van der Waals surface area contributed by atoms with Gasteiger partial charge in [-0.2, -0.15) is 0 Å². The maximum atomic E-state index is 12.0. The number of amides is 1. The Hall–Kier alpha value is -3.22. The van der Waals surface area contributed by atoms with Crippen molar-refractivity contribution in [3.05, 3.63) is 64.4 Å². The number of aromatic nitrogens is 2. The normalized spacial score (nSPS) is 10.5. The molecule has 1 aromatic heterocycles. The highest BCUT2D eigenvalue weighted by Crippen LogP contribution is 2.06. The minimum absolute atomic E-state index is 0.272. The number of anilines is 1. The molecule has 4 N–H and O–H groups in total. The van der Waals surface area contributed by atoms with E-state index in [0.717, 1.165) is 10.4 Å². The fourth-order valence-electron chi connectivity index (χ4n) is 2.03. The molecule has 2 aromatic carbocycles. The van der Waals surface area contributed by atoms with Crippen molar-refractivity contribution < 1.29 is 9.63 Å². The van der Waals surface area contributed by atoms with Crippen LogP contribution in [-0.4, -0.2) is 16.0 Å². The predicted octanol–water partition coefficient (Wildman–Crippen LogP) is 1.25. The van der Waals surface area contributed by atoms with E-state index in [4.69, 9.17) is 10.6 Å². The van der Waals surface area contributed by atoms with Crippen molar-refractivity contribution in [2.24, 2.45) is 0 Å². The minimum Gasteiger partial charge on any atom is -0.399 e. The Kier molecular flexibility index (Phi) is 3.53. The van der Waals surface area contributed by atoms with Crippen LogP contribution in [0, 0.1) is 0 Å². The summed E-state index contributed by atoms with van der Waals surface area (Å²) < 4.78 is 0. The first-order valence-corrected chi connectivity index (χ1v) is 6.64. The van der Waals surface area contributed by atoms with E-state index in [1.165, 1.54) is 0 Å². The van der Waals surface area contributed by atoms with Gasteiger partial charge in [0.1, 0.15) is 0 Å². The molecule has 0 aliphatic carbocycles. The van der Waals surface area contributed by atoms with E-state index in [0.29, 0.717) is 16.6 Å². The molecule has 3 aromatic rings. The second kappa shape index (κ2) is 5.65. The maximum absolute atomic E-state index is 12.0. The van der Waals surface area contributed by atoms with E-state index in [-0.39, 0.29) is 6.54 Å². The molecule has 22 heavy (non-hydrogen) atoms. The molecule has 0 saturated carbocycles. The Balaban J connectivity index is 1.67. The maximum Gasteiger partial charge on any atom is 0.433 e. The third kappa shape index (κ3) is 2.78. The lowest BCUT2D eigenvalue weighted by molar-refractivity contribution is 0.112. The number of fused-ring (bicyclic) bond motifs is 1. The SMILES string of the molecule is Nc1ccc(CNC(=O)On2[nH]c3ccccc3c2=O)cc1. The van der Waals surface area contributed by atoms with Crippen molar-refractivity contribution in [2.75, 3.05) is 5.73 Å². The van der Waals surface area contributed by atoms with Gasteiger partial charge >= 0.3 is 11.7 Å². The number of hydrogen-bond acceptors (Lipinski definition) is 4. The number of rotatable bonds is 3. The number of nitrogens with two attached hydrogens (primary N) is 1. The largest absolute Gasteiger partial charge is 0.433 e. The summed E-state index contributed by atoms with van der Waals surface area (Å²) in [5.41, 5.74) is 7.28. The number of nitrogens with zero attached hydrogens (tertiary/aromatic N) is 1. The molecule has 3 rings (SSSR count). The first kappa shape index (κ1) is 13.7. The zero-order valence-corrected chi connectivity index (χ0v) is 11.6. The molecule has 112 valence electrons. The van der Waals surface area contributed by atoms with Crippen molar-refractivity contribution in [3.63, 3.8) is 0 Å². The quantitative estimate of drug-likeness (QED) is 0.633. The molecule has 0 spiro atoms. The Labute approximate surface area is 125 Å². The Bertz CT molecular complexity index is 864. The molecule has 7 heteroatoms. The number of aromatic amines is 1. The summed E-state index contributed by atoms with van der Waals surface area (Å²) in [7, 11) is 0. The van der Waals surface area contributed by atoms with Gasteiger partial charge in [-0.3, -0.25) is 14.7 Å². The van der Waals surface area contributed by atoms with Crippen LogP contribution in [0.5, 0.6) is 0 Å². The second-order valence-electron chi connectivity index (χ2n) is 4.73. The fourth-order valence-corrected chi connectivity index (χ4v) is 2.03. The van der Waals surface area contributed by atoms with Crippen LogP contribution in [0.2, 0.25) is 0 Å². The summed E-state index contributed by atoms with van der Waals surface area (Å²) in [5.74, 6) is 0. The van der Waals surface area contributed by atoms with Gasteiger partial charge in [0.15, 0.2) is 0 Å². The number of carbonyl (C=O) groups is 1. The summed E-state index contributed by atoms with van der Waals surface area (Å²) in [6, 6.07) is 14.0. The van der Waals surface area contributed by atoms with Crippen LogP contribution >= 0.6 is 0 Å². The van der Waals surface area contributed by atoms with Crippen molar-refractivity contribution in [1.29, 1.82) is 0 Å². The number of nitrogens with one attached hydrogen (secondary N) is 2. The number of H-pyrrole nitrogens is 1. The minimum atomic E-state index is -0.731. The number of nitrogen functional groups attached to an aromatic ring is 1. The van der Waals surface area contributed by atoms with Gasteiger partial charge in [-0.05, 0) is 29.8 Å². The van der Waals surface area contributed by atoms with E-state index < -0.39 is 11.7 Å². The lowest BCUT2D eigenvalue weighted by Gasteiger charge is -2.05. The van der Waals surface area contributed by atoms with E-state index in [9.17, 15) is 9.59 Å². The molecule has 1 amide bonds. The first-order chi connectivity index (χ1) is 10.6. The smallest absolute Gasteiger partial charge is 0.399 e. The van der Waals surface area contributed by atoms with E-state index in [1.807, 2.05) is 0 Å². The summed E-state index contributed by atoms with van der Waals surface area (Å²) in [6.07, 6.45) is -0.731. The van der Waals surface area contributed by atoms with Crippen molar-refractivity contribution >= 4 is 22.7 Å². The molecule has 0 atom stereocenters. The van der Waals surface area contributed by atoms with Crippen LogP contribution < -0.4 is 21.4 Å². The van der Waals surface area contributed by atoms with Crippen LogP contribution in [-0.2, 0) is 6.54 Å². The lowest BCUT2D eigenvalue weighted by atomic mass is 10.2. The van der Waals surface area contributed by atoms with Gasteiger partial charge in [-0.1, -0.05) is 29.1 Å². The van der Waals surface area contributed by atoms with Gasteiger partial charge in [0, 0.05) is 12.2 Å². The summed E-state index contributed by atoms with van der Waals surface area (Å²) >= 11 is 0. The second-order valence-corrected chi connectivity index (χ2v) is 4.73. The van der Waals surface area contributed by atoms with Gasteiger partial charge in [-0.25, -0.2) is 4.79 Å². The molecule has 0 bridgehead atoms. The first-order valence-electron chi connectivity index (χ1n) is 6.64. The van der Waals surface area contributed by atoms with E-state index >= 15 is 0 Å². The molecular weight excluding hydrogens is 284 g/mol. The van der Waals surface area contributed by atoms with Crippen molar-refractivity contribution in [1.82, 2.24) is 15.3 Å².